The Balaban J connectivity index is 1.59. The fraction of sp³-hybridized carbons (Fsp3) is 0.412. The first-order chi connectivity index (χ1) is 9.33. The van der Waals surface area contributed by atoms with Crippen molar-refractivity contribution < 1.29 is 0 Å². The van der Waals surface area contributed by atoms with Crippen LogP contribution in [0.2, 0.25) is 0 Å². The Morgan fingerprint density at radius 2 is 1.95 bits per heavy atom. The molecule has 0 aliphatic heterocycles. The molecule has 0 saturated heterocycles. The highest BCUT2D eigenvalue weighted by Crippen LogP contribution is 2.30. The minimum atomic E-state index is 0.663. The molecule has 0 radical (unpaired) electrons. The lowest BCUT2D eigenvalue weighted by atomic mass is 9.80. The Bertz CT molecular complexity index is 513. The summed E-state index contributed by atoms with van der Waals surface area (Å²) in [6.45, 7) is 3.34. The van der Waals surface area contributed by atoms with Crippen LogP contribution in [0.3, 0.4) is 0 Å². The summed E-state index contributed by atoms with van der Waals surface area (Å²) in [6, 6.07) is 15.8. The first-order valence-electron chi connectivity index (χ1n) is 7.20. The molecule has 0 amide bonds. The monoisotopic (exact) mass is 271 g/mol. The smallest absolute Gasteiger partial charge is 0.0346 e. The molecule has 1 nitrogen and oxygen atoms in total. The SMILES string of the molecule is CC(NCc1ccc(-c2ccccc2)s1)C1CCC1. The van der Waals surface area contributed by atoms with Gasteiger partial charge >= 0.3 is 0 Å². The van der Waals surface area contributed by atoms with Crippen LogP contribution in [-0.4, -0.2) is 6.04 Å². The van der Waals surface area contributed by atoms with Gasteiger partial charge in [-0.2, -0.15) is 0 Å². The zero-order chi connectivity index (χ0) is 13.1. The molecule has 2 aromatic rings. The summed E-state index contributed by atoms with van der Waals surface area (Å²) in [5.74, 6) is 0.911. The molecule has 1 aliphatic carbocycles. The Hall–Kier alpha value is -1.12. The minimum Gasteiger partial charge on any atom is -0.309 e. The highest BCUT2D eigenvalue weighted by molar-refractivity contribution is 7.15. The van der Waals surface area contributed by atoms with E-state index in [1.54, 1.807) is 0 Å². The van der Waals surface area contributed by atoms with Crippen LogP contribution in [0.5, 0.6) is 0 Å². The van der Waals surface area contributed by atoms with Gasteiger partial charge in [0.25, 0.3) is 0 Å². The van der Waals surface area contributed by atoms with Gasteiger partial charge in [-0.05, 0) is 43.4 Å². The second kappa shape index (κ2) is 5.89. The van der Waals surface area contributed by atoms with Crippen molar-refractivity contribution in [1.29, 1.82) is 0 Å². The Morgan fingerprint density at radius 3 is 2.63 bits per heavy atom. The number of benzene rings is 1. The van der Waals surface area contributed by atoms with E-state index in [2.05, 4.69) is 54.7 Å². The third kappa shape index (κ3) is 3.07. The third-order valence-corrected chi connectivity index (χ3v) is 5.31. The lowest BCUT2D eigenvalue weighted by Gasteiger charge is -2.31. The second-order valence-electron chi connectivity index (χ2n) is 5.49. The van der Waals surface area contributed by atoms with E-state index in [0.29, 0.717) is 6.04 Å². The molecule has 0 bridgehead atoms. The van der Waals surface area contributed by atoms with E-state index in [1.165, 1.54) is 34.6 Å². The average Bonchev–Trinajstić information content (AvgIpc) is 2.84. The van der Waals surface area contributed by atoms with Crippen LogP contribution in [-0.2, 0) is 6.54 Å². The molecule has 19 heavy (non-hydrogen) atoms. The lowest BCUT2D eigenvalue weighted by molar-refractivity contribution is 0.240. The van der Waals surface area contributed by atoms with E-state index in [0.717, 1.165) is 12.5 Å². The van der Waals surface area contributed by atoms with Crippen LogP contribution in [0.25, 0.3) is 10.4 Å². The summed E-state index contributed by atoms with van der Waals surface area (Å²) >= 11 is 1.90. The molecule has 1 saturated carbocycles. The van der Waals surface area contributed by atoms with E-state index in [4.69, 9.17) is 0 Å². The molecular weight excluding hydrogens is 250 g/mol. The molecule has 3 rings (SSSR count). The highest BCUT2D eigenvalue weighted by atomic mass is 32.1. The number of hydrogen-bond acceptors (Lipinski definition) is 2. The van der Waals surface area contributed by atoms with Gasteiger partial charge in [0.05, 0.1) is 0 Å². The summed E-state index contributed by atoms with van der Waals surface area (Å²) in [5.41, 5.74) is 1.32. The molecule has 100 valence electrons. The zero-order valence-electron chi connectivity index (χ0n) is 11.4. The van der Waals surface area contributed by atoms with E-state index in [-0.39, 0.29) is 0 Å². The minimum absolute atomic E-state index is 0.663. The van der Waals surface area contributed by atoms with Gasteiger partial charge in [-0.1, -0.05) is 36.8 Å². The van der Waals surface area contributed by atoms with Gasteiger partial charge in [0.1, 0.15) is 0 Å². The van der Waals surface area contributed by atoms with Crippen LogP contribution in [0.4, 0.5) is 0 Å². The van der Waals surface area contributed by atoms with Gasteiger partial charge in [0.2, 0.25) is 0 Å². The van der Waals surface area contributed by atoms with Crippen LogP contribution >= 0.6 is 11.3 Å². The van der Waals surface area contributed by atoms with Crippen molar-refractivity contribution in [2.45, 2.75) is 38.8 Å². The van der Waals surface area contributed by atoms with Crippen LogP contribution in [0, 0.1) is 5.92 Å². The van der Waals surface area contributed by atoms with Crippen molar-refractivity contribution in [3.63, 3.8) is 0 Å². The summed E-state index contributed by atoms with van der Waals surface area (Å²) in [7, 11) is 0. The van der Waals surface area contributed by atoms with Crippen molar-refractivity contribution in [3.8, 4) is 10.4 Å². The molecule has 1 aromatic heterocycles. The van der Waals surface area contributed by atoms with Crippen molar-refractivity contribution in [1.82, 2.24) is 5.32 Å². The van der Waals surface area contributed by atoms with Crippen molar-refractivity contribution in [2.24, 2.45) is 5.92 Å². The fourth-order valence-corrected chi connectivity index (χ4v) is 3.56. The van der Waals surface area contributed by atoms with Gasteiger partial charge < -0.3 is 5.32 Å². The quantitative estimate of drug-likeness (QED) is 0.831. The maximum atomic E-state index is 3.68. The lowest BCUT2D eigenvalue weighted by Crippen LogP contribution is -2.36. The standard InChI is InChI=1S/C17H21NS/c1-13(14-8-5-9-14)18-12-16-10-11-17(19-16)15-6-3-2-4-7-15/h2-4,6-7,10-11,13-14,18H,5,8-9,12H2,1H3. The van der Waals surface area contributed by atoms with Gasteiger partial charge in [-0.15, -0.1) is 11.3 Å². The first-order valence-corrected chi connectivity index (χ1v) is 8.02. The first kappa shape index (κ1) is 12.9. The van der Waals surface area contributed by atoms with Gasteiger partial charge in [-0.25, -0.2) is 0 Å². The molecule has 1 N–H and O–H groups in total. The number of nitrogens with one attached hydrogen (secondary N) is 1. The van der Waals surface area contributed by atoms with E-state index in [9.17, 15) is 0 Å². The number of hydrogen-bond donors (Lipinski definition) is 1. The van der Waals surface area contributed by atoms with Gasteiger partial charge in [0, 0.05) is 22.3 Å². The van der Waals surface area contributed by atoms with Crippen LogP contribution in [0.1, 0.15) is 31.1 Å². The topological polar surface area (TPSA) is 12.0 Å². The zero-order valence-corrected chi connectivity index (χ0v) is 12.2. The van der Waals surface area contributed by atoms with Crippen molar-refractivity contribution >= 4 is 11.3 Å². The predicted molar refractivity (Wildman–Crippen MR) is 83.4 cm³/mol. The molecule has 0 spiro atoms. The molecule has 1 fully saturated rings. The normalized spacial score (nSPS) is 17.1. The molecule has 1 aromatic carbocycles. The molecule has 1 unspecified atom stereocenters. The second-order valence-corrected chi connectivity index (χ2v) is 6.66. The highest BCUT2D eigenvalue weighted by Gasteiger charge is 2.23. The van der Waals surface area contributed by atoms with Crippen molar-refractivity contribution in [2.75, 3.05) is 0 Å². The predicted octanol–water partition coefficient (Wildman–Crippen LogP) is 4.69. The Labute approximate surface area is 119 Å². The maximum Gasteiger partial charge on any atom is 0.0346 e. The summed E-state index contributed by atoms with van der Waals surface area (Å²) in [5, 5.41) is 3.68. The fourth-order valence-electron chi connectivity index (χ4n) is 2.60. The maximum absolute atomic E-state index is 3.68. The molecule has 1 heterocycles. The van der Waals surface area contributed by atoms with Crippen LogP contribution in [0.15, 0.2) is 42.5 Å². The Morgan fingerprint density at radius 1 is 1.16 bits per heavy atom. The van der Waals surface area contributed by atoms with Gasteiger partial charge in [0.15, 0.2) is 0 Å². The number of rotatable bonds is 5. The van der Waals surface area contributed by atoms with E-state index >= 15 is 0 Å². The summed E-state index contributed by atoms with van der Waals surface area (Å²) in [6.07, 6.45) is 4.25. The molecule has 1 atom stereocenters. The van der Waals surface area contributed by atoms with Crippen LogP contribution < -0.4 is 5.32 Å². The molecule has 2 heteroatoms. The van der Waals surface area contributed by atoms with Crippen molar-refractivity contribution in [3.05, 3.63) is 47.3 Å². The average molecular weight is 271 g/mol. The summed E-state index contributed by atoms with van der Waals surface area (Å²) < 4.78 is 0. The van der Waals surface area contributed by atoms with E-state index < -0.39 is 0 Å². The summed E-state index contributed by atoms with van der Waals surface area (Å²) in [4.78, 5) is 2.80. The number of thiophene rings is 1. The third-order valence-electron chi connectivity index (χ3n) is 4.18. The van der Waals surface area contributed by atoms with Gasteiger partial charge in [-0.3, -0.25) is 0 Å². The molecule has 1 aliphatic rings. The molecular formula is C17H21NS. The van der Waals surface area contributed by atoms with E-state index in [1.807, 2.05) is 11.3 Å². The Kier molecular flexibility index (Phi) is 4.00. The largest absolute Gasteiger partial charge is 0.309 e.